The predicted octanol–water partition coefficient (Wildman–Crippen LogP) is 2.78. The maximum atomic E-state index is 12.6. The fourth-order valence-electron chi connectivity index (χ4n) is 2.61. The number of benzene rings is 1. The fourth-order valence-corrected chi connectivity index (χ4v) is 5.02. The summed E-state index contributed by atoms with van der Waals surface area (Å²) >= 11 is 3.30. The molecule has 112 valence electrons. The minimum Gasteiger partial charge on any atom is -0.495 e. The van der Waals surface area contributed by atoms with Crippen molar-refractivity contribution in [3.05, 3.63) is 22.7 Å². The molecule has 0 unspecified atom stereocenters. The summed E-state index contributed by atoms with van der Waals surface area (Å²) in [6, 6.07) is 5.00. The molecular weight excluding hydrogens is 344 g/mol. The van der Waals surface area contributed by atoms with Crippen LogP contribution in [0.5, 0.6) is 5.75 Å². The number of halogens is 1. The lowest BCUT2D eigenvalue weighted by atomic mass is 9.89. The average Bonchev–Trinajstić information content (AvgIpc) is 2.41. The van der Waals surface area contributed by atoms with Crippen LogP contribution in [-0.4, -0.2) is 32.5 Å². The van der Waals surface area contributed by atoms with Gasteiger partial charge in [0.25, 0.3) is 0 Å². The van der Waals surface area contributed by atoms with Gasteiger partial charge in [-0.1, -0.05) is 15.9 Å². The third-order valence-corrected chi connectivity index (χ3v) is 6.12. The van der Waals surface area contributed by atoms with Gasteiger partial charge in [-0.15, -0.1) is 0 Å². The minimum absolute atomic E-state index is 0.118. The first-order valence-electron chi connectivity index (χ1n) is 6.66. The molecule has 0 atom stereocenters. The summed E-state index contributed by atoms with van der Waals surface area (Å²) in [7, 11) is -1.91. The summed E-state index contributed by atoms with van der Waals surface area (Å²) in [5.74, 6) is 0.614. The first kappa shape index (κ1) is 15.8. The van der Waals surface area contributed by atoms with Crippen LogP contribution in [0.4, 0.5) is 0 Å². The summed E-state index contributed by atoms with van der Waals surface area (Å²) < 4.78 is 31.0. The van der Waals surface area contributed by atoms with Gasteiger partial charge in [-0.2, -0.15) is 0 Å². The molecule has 1 aliphatic rings. The Bertz CT molecular complexity index is 563. The molecule has 1 aromatic carbocycles. The lowest BCUT2D eigenvalue weighted by Crippen LogP contribution is -2.24. The van der Waals surface area contributed by atoms with E-state index in [1.165, 1.54) is 7.11 Å². The zero-order valence-electron chi connectivity index (χ0n) is 11.4. The highest BCUT2D eigenvalue weighted by Crippen LogP contribution is 2.32. The second kappa shape index (κ2) is 6.45. The molecule has 0 bridgehead atoms. The van der Waals surface area contributed by atoms with E-state index in [9.17, 15) is 13.5 Å². The van der Waals surface area contributed by atoms with Crippen LogP contribution in [0.3, 0.4) is 0 Å². The molecule has 0 spiro atoms. The highest BCUT2D eigenvalue weighted by atomic mass is 79.9. The van der Waals surface area contributed by atoms with E-state index in [0.29, 0.717) is 18.6 Å². The van der Waals surface area contributed by atoms with Crippen molar-refractivity contribution in [2.75, 3.05) is 12.9 Å². The molecule has 1 fully saturated rings. The van der Waals surface area contributed by atoms with Crippen LogP contribution in [0.25, 0.3) is 0 Å². The number of ether oxygens (including phenoxy) is 1. The number of hydrogen-bond donors (Lipinski definition) is 1. The van der Waals surface area contributed by atoms with Gasteiger partial charge in [-0.25, -0.2) is 8.42 Å². The third-order valence-electron chi connectivity index (χ3n) is 3.73. The zero-order chi connectivity index (χ0) is 14.8. The van der Waals surface area contributed by atoms with Gasteiger partial charge >= 0.3 is 0 Å². The minimum atomic E-state index is -3.38. The van der Waals surface area contributed by atoms with Crippen molar-refractivity contribution in [1.29, 1.82) is 0 Å². The van der Waals surface area contributed by atoms with E-state index in [1.54, 1.807) is 18.2 Å². The van der Waals surface area contributed by atoms with Crippen LogP contribution in [0.2, 0.25) is 0 Å². The molecule has 0 aromatic heterocycles. The van der Waals surface area contributed by atoms with Crippen LogP contribution < -0.4 is 4.74 Å². The van der Waals surface area contributed by atoms with Crippen molar-refractivity contribution in [3.8, 4) is 5.75 Å². The topological polar surface area (TPSA) is 63.6 Å². The molecule has 2 rings (SSSR count). The van der Waals surface area contributed by atoms with E-state index in [1.807, 2.05) is 0 Å². The average molecular weight is 363 g/mol. The SMILES string of the molecule is COc1ccc(Br)cc1S(=O)(=O)CC1CCC(O)CC1. The molecule has 1 N–H and O–H groups in total. The molecule has 6 heteroatoms. The highest BCUT2D eigenvalue weighted by molar-refractivity contribution is 9.10. The van der Waals surface area contributed by atoms with Gasteiger partial charge in [0, 0.05) is 4.47 Å². The number of hydrogen-bond acceptors (Lipinski definition) is 4. The lowest BCUT2D eigenvalue weighted by molar-refractivity contribution is 0.113. The van der Waals surface area contributed by atoms with Crippen LogP contribution in [0.15, 0.2) is 27.6 Å². The molecular formula is C14H19BrO4S. The van der Waals surface area contributed by atoms with E-state index >= 15 is 0 Å². The van der Waals surface area contributed by atoms with Gasteiger partial charge in [0.1, 0.15) is 10.6 Å². The standard InChI is InChI=1S/C14H19BrO4S/c1-19-13-7-4-11(15)8-14(13)20(17,18)9-10-2-5-12(16)6-3-10/h4,7-8,10,12,16H,2-3,5-6,9H2,1H3. The summed E-state index contributed by atoms with van der Waals surface area (Å²) in [5, 5.41) is 9.49. The number of methoxy groups -OCH3 is 1. The molecule has 0 radical (unpaired) electrons. The van der Waals surface area contributed by atoms with Gasteiger partial charge in [-0.3, -0.25) is 0 Å². The first-order valence-corrected chi connectivity index (χ1v) is 9.11. The summed E-state index contributed by atoms with van der Waals surface area (Å²) in [6.07, 6.45) is 2.63. The smallest absolute Gasteiger partial charge is 0.182 e. The Kier molecular flexibility index (Phi) is 5.09. The van der Waals surface area contributed by atoms with E-state index in [-0.39, 0.29) is 22.7 Å². The molecule has 1 aromatic rings. The van der Waals surface area contributed by atoms with Crippen molar-refractivity contribution < 1.29 is 18.3 Å². The molecule has 0 heterocycles. The van der Waals surface area contributed by atoms with E-state index < -0.39 is 9.84 Å². The monoisotopic (exact) mass is 362 g/mol. The maximum Gasteiger partial charge on any atom is 0.182 e. The van der Waals surface area contributed by atoms with Crippen molar-refractivity contribution >= 4 is 25.8 Å². The van der Waals surface area contributed by atoms with Gasteiger partial charge in [0.05, 0.1) is 19.0 Å². The van der Waals surface area contributed by atoms with Crippen molar-refractivity contribution in [2.45, 2.75) is 36.7 Å². The fraction of sp³-hybridized carbons (Fsp3) is 0.571. The molecule has 0 aliphatic heterocycles. The van der Waals surface area contributed by atoms with Gasteiger partial charge in [-0.05, 0) is 49.8 Å². The molecule has 1 aliphatic carbocycles. The summed E-state index contributed by atoms with van der Waals surface area (Å²) in [6.45, 7) is 0. The maximum absolute atomic E-state index is 12.6. The summed E-state index contributed by atoms with van der Waals surface area (Å²) in [5.41, 5.74) is 0. The van der Waals surface area contributed by atoms with E-state index in [2.05, 4.69) is 15.9 Å². The Balaban J connectivity index is 2.20. The van der Waals surface area contributed by atoms with E-state index in [0.717, 1.165) is 17.3 Å². The van der Waals surface area contributed by atoms with Gasteiger partial charge in [0.15, 0.2) is 9.84 Å². The van der Waals surface area contributed by atoms with Crippen molar-refractivity contribution in [2.24, 2.45) is 5.92 Å². The molecule has 0 saturated heterocycles. The number of rotatable bonds is 4. The van der Waals surface area contributed by atoms with Crippen molar-refractivity contribution in [3.63, 3.8) is 0 Å². The first-order chi connectivity index (χ1) is 9.42. The Morgan fingerprint density at radius 3 is 2.55 bits per heavy atom. The number of aliphatic hydroxyl groups is 1. The van der Waals surface area contributed by atoms with E-state index in [4.69, 9.17) is 4.74 Å². The van der Waals surface area contributed by atoms with Crippen molar-refractivity contribution in [1.82, 2.24) is 0 Å². The Morgan fingerprint density at radius 1 is 1.30 bits per heavy atom. The zero-order valence-corrected chi connectivity index (χ0v) is 13.8. The predicted molar refractivity (Wildman–Crippen MR) is 80.7 cm³/mol. The molecule has 0 amide bonds. The Labute approximate surface area is 128 Å². The van der Waals surface area contributed by atoms with Crippen LogP contribution in [-0.2, 0) is 9.84 Å². The summed E-state index contributed by atoms with van der Waals surface area (Å²) in [4.78, 5) is 0.237. The van der Waals surface area contributed by atoms with Gasteiger partial charge < -0.3 is 9.84 Å². The third kappa shape index (κ3) is 3.74. The highest BCUT2D eigenvalue weighted by Gasteiger charge is 2.27. The normalized spacial score (nSPS) is 23.6. The molecule has 4 nitrogen and oxygen atoms in total. The quantitative estimate of drug-likeness (QED) is 0.894. The second-order valence-corrected chi connectivity index (χ2v) is 8.17. The lowest BCUT2D eigenvalue weighted by Gasteiger charge is -2.25. The second-order valence-electron chi connectivity index (χ2n) is 5.25. The Hall–Kier alpha value is -0.590. The molecule has 20 heavy (non-hydrogen) atoms. The number of sulfone groups is 1. The van der Waals surface area contributed by atoms with Crippen LogP contribution >= 0.6 is 15.9 Å². The number of aliphatic hydroxyl groups excluding tert-OH is 1. The Morgan fingerprint density at radius 2 is 1.95 bits per heavy atom. The van der Waals surface area contributed by atoms with Crippen LogP contribution in [0.1, 0.15) is 25.7 Å². The van der Waals surface area contributed by atoms with Crippen LogP contribution in [0, 0.1) is 5.92 Å². The molecule has 1 saturated carbocycles. The van der Waals surface area contributed by atoms with Gasteiger partial charge in [0.2, 0.25) is 0 Å². The largest absolute Gasteiger partial charge is 0.495 e.